The molecule has 0 aliphatic heterocycles. The topological polar surface area (TPSA) is 90.5 Å². The van der Waals surface area contributed by atoms with Crippen molar-refractivity contribution in [3.05, 3.63) is 65.7 Å². The van der Waals surface area contributed by atoms with Crippen LogP contribution < -0.4 is 5.32 Å². The van der Waals surface area contributed by atoms with Gasteiger partial charge in [-0.2, -0.15) is 0 Å². The summed E-state index contributed by atoms with van der Waals surface area (Å²) in [5.41, 5.74) is 1.32. The van der Waals surface area contributed by atoms with Crippen LogP contribution in [0.2, 0.25) is 0 Å². The van der Waals surface area contributed by atoms with E-state index in [-0.39, 0.29) is 21.4 Å². The highest BCUT2D eigenvalue weighted by atomic mass is 32.2. The largest absolute Gasteiger partial charge is 0.459 e. The third-order valence-electron chi connectivity index (χ3n) is 4.59. The molecule has 28 heavy (non-hydrogen) atoms. The van der Waals surface area contributed by atoms with Crippen LogP contribution in [0.1, 0.15) is 21.8 Å². The van der Waals surface area contributed by atoms with Gasteiger partial charge < -0.3 is 19.0 Å². The van der Waals surface area contributed by atoms with Gasteiger partial charge in [0, 0.05) is 19.3 Å². The van der Waals surface area contributed by atoms with E-state index in [1.165, 1.54) is 24.5 Å². The second-order valence-electron chi connectivity index (χ2n) is 6.28. The summed E-state index contributed by atoms with van der Waals surface area (Å²) in [6.07, 6.45) is 1.39. The van der Waals surface area contributed by atoms with Gasteiger partial charge in [0.05, 0.1) is 17.8 Å². The van der Waals surface area contributed by atoms with E-state index in [1.807, 2.05) is 6.92 Å². The van der Waals surface area contributed by atoms with E-state index in [0.29, 0.717) is 18.7 Å². The fraction of sp³-hybridized carbons (Fsp3) is 0.250. The van der Waals surface area contributed by atoms with Gasteiger partial charge >= 0.3 is 0 Å². The van der Waals surface area contributed by atoms with Gasteiger partial charge in [0.15, 0.2) is 5.76 Å². The number of hydrogen-bond donors (Lipinski definition) is 1. The second kappa shape index (κ2) is 8.04. The fourth-order valence-corrected chi connectivity index (χ4v) is 4.76. The zero-order chi connectivity index (χ0) is 20.3. The number of amides is 1. The van der Waals surface area contributed by atoms with Gasteiger partial charge in [-0.05, 0) is 43.7 Å². The lowest BCUT2D eigenvalue weighted by molar-refractivity contribution is 0.0995. The van der Waals surface area contributed by atoms with Gasteiger partial charge in [-0.25, -0.2) is 8.42 Å². The van der Waals surface area contributed by atoms with Crippen molar-refractivity contribution in [2.75, 3.05) is 19.0 Å². The van der Waals surface area contributed by atoms with Gasteiger partial charge in [-0.15, -0.1) is 0 Å². The molecule has 0 bridgehead atoms. The predicted octanol–water partition coefficient (Wildman–Crippen LogP) is 3.43. The smallest absolute Gasteiger partial charge is 0.292 e. The lowest BCUT2D eigenvalue weighted by Gasteiger charge is -2.13. The van der Waals surface area contributed by atoms with Crippen molar-refractivity contribution in [2.24, 2.45) is 0 Å². The van der Waals surface area contributed by atoms with Crippen LogP contribution in [0.5, 0.6) is 0 Å². The molecule has 2 heterocycles. The van der Waals surface area contributed by atoms with Crippen LogP contribution >= 0.6 is 0 Å². The molecule has 3 aromatic rings. The molecule has 0 saturated carbocycles. The van der Waals surface area contributed by atoms with Crippen molar-refractivity contribution >= 4 is 21.6 Å². The number of nitrogens with one attached hydrogen (secondary N) is 1. The Balaban J connectivity index is 2.17. The van der Waals surface area contributed by atoms with Crippen LogP contribution in [-0.4, -0.2) is 32.6 Å². The van der Waals surface area contributed by atoms with Gasteiger partial charge in [-0.3, -0.25) is 4.79 Å². The minimum atomic E-state index is -3.85. The number of benzene rings is 1. The summed E-state index contributed by atoms with van der Waals surface area (Å²) in [5, 5.41) is 2.72. The third-order valence-corrected chi connectivity index (χ3v) is 6.52. The summed E-state index contributed by atoms with van der Waals surface area (Å²) < 4.78 is 38.8. The van der Waals surface area contributed by atoms with Crippen LogP contribution in [0.4, 0.5) is 5.82 Å². The van der Waals surface area contributed by atoms with Crippen LogP contribution in [0.15, 0.2) is 62.9 Å². The Bertz CT molecular complexity index is 1070. The van der Waals surface area contributed by atoms with E-state index in [9.17, 15) is 13.2 Å². The van der Waals surface area contributed by atoms with Crippen molar-refractivity contribution in [2.45, 2.75) is 30.2 Å². The first kappa shape index (κ1) is 19.9. The molecule has 0 aliphatic rings. The van der Waals surface area contributed by atoms with Crippen LogP contribution in [0, 0.1) is 13.8 Å². The maximum Gasteiger partial charge on any atom is 0.292 e. The Morgan fingerprint density at radius 2 is 1.86 bits per heavy atom. The molecular formula is C20H22N2O5S. The first-order chi connectivity index (χ1) is 13.4. The lowest BCUT2D eigenvalue weighted by Crippen LogP contribution is -2.18. The number of anilines is 1. The number of carbonyl (C=O) groups excluding carboxylic acids is 1. The highest BCUT2D eigenvalue weighted by Crippen LogP contribution is 2.35. The molecule has 0 unspecified atom stereocenters. The second-order valence-corrected chi connectivity index (χ2v) is 8.17. The average molecular weight is 402 g/mol. The zero-order valence-corrected chi connectivity index (χ0v) is 16.7. The summed E-state index contributed by atoms with van der Waals surface area (Å²) in [6, 6.07) is 11.3. The Kier molecular flexibility index (Phi) is 5.71. The summed E-state index contributed by atoms with van der Waals surface area (Å²) in [6.45, 7) is 4.30. The molecule has 1 amide bonds. The number of rotatable bonds is 7. The monoisotopic (exact) mass is 402 g/mol. The van der Waals surface area contributed by atoms with Crippen LogP contribution in [0.3, 0.4) is 0 Å². The molecule has 148 valence electrons. The zero-order valence-electron chi connectivity index (χ0n) is 15.9. The summed E-state index contributed by atoms with van der Waals surface area (Å²) >= 11 is 0. The van der Waals surface area contributed by atoms with E-state index in [0.717, 1.165) is 5.69 Å². The SMILES string of the molecule is COCCn1c(C)c(C)c(S(=O)(=O)c2ccccc2)c1NC(=O)c1ccco1. The number of nitrogens with zero attached hydrogens (tertiary/aromatic N) is 1. The molecule has 0 spiro atoms. The van der Waals surface area contributed by atoms with E-state index in [1.54, 1.807) is 42.9 Å². The van der Waals surface area contributed by atoms with Crippen molar-refractivity contribution in [1.82, 2.24) is 4.57 Å². The van der Waals surface area contributed by atoms with Crippen molar-refractivity contribution in [1.29, 1.82) is 0 Å². The molecule has 0 atom stereocenters. The number of sulfone groups is 1. The minimum Gasteiger partial charge on any atom is -0.459 e. The van der Waals surface area contributed by atoms with Gasteiger partial charge in [0.2, 0.25) is 9.84 Å². The number of carbonyl (C=O) groups is 1. The highest BCUT2D eigenvalue weighted by molar-refractivity contribution is 7.91. The van der Waals surface area contributed by atoms with E-state index < -0.39 is 15.7 Å². The lowest BCUT2D eigenvalue weighted by atomic mass is 10.3. The van der Waals surface area contributed by atoms with E-state index in [2.05, 4.69) is 5.32 Å². The molecule has 3 rings (SSSR count). The minimum absolute atomic E-state index is 0.0761. The van der Waals surface area contributed by atoms with Gasteiger partial charge in [-0.1, -0.05) is 18.2 Å². The number of hydrogen-bond acceptors (Lipinski definition) is 5. The summed E-state index contributed by atoms with van der Waals surface area (Å²) in [7, 11) is -2.28. The Morgan fingerprint density at radius 1 is 1.14 bits per heavy atom. The van der Waals surface area contributed by atoms with Crippen LogP contribution in [-0.2, 0) is 21.1 Å². The summed E-state index contributed by atoms with van der Waals surface area (Å²) in [5.74, 6) is -0.221. The maximum atomic E-state index is 13.4. The first-order valence-electron chi connectivity index (χ1n) is 8.71. The Hall–Kier alpha value is -2.84. The highest BCUT2D eigenvalue weighted by Gasteiger charge is 2.30. The normalized spacial score (nSPS) is 11.5. The van der Waals surface area contributed by atoms with Crippen molar-refractivity contribution < 1.29 is 22.4 Å². The number of methoxy groups -OCH3 is 1. The predicted molar refractivity (Wildman–Crippen MR) is 104 cm³/mol. The van der Waals surface area contributed by atoms with Crippen LogP contribution in [0.25, 0.3) is 0 Å². The molecule has 8 heteroatoms. The number of ether oxygens (including phenoxy) is 1. The standard InChI is InChI=1S/C20H22N2O5S/c1-14-15(2)22(11-13-26-3)19(21-20(23)17-10-7-12-27-17)18(14)28(24,25)16-8-5-4-6-9-16/h4-10,12H,11,13H2,1-3H3,(H,21,23). The third kappa shape index (κ3) is 3.61. The van der Waals surface area contributed by atoms with Gasteiger partial charge in [0.1, 0.15) is 10.7 Å². The quantitative estimate of drug-likeness (QED) is 0.654. The number of furan rings is 1. The van der Waals surface area contributed by atoms with Gasteiger partial charge in [0.25, 0.3) is 5.91 Å². The molecule has 2 aromatic heterocycles. The molecule has 0 aliphatic carbocycles. The molecule has 0 fully saturated rings. The summed E-state index contributed by atoms with van der Waals surface area (Å²) in [4.78, 5) is 12.8. The molecule has 0 radical (unpaired) electrons. The molecule has 0 saturated heterocycles. The molecule has 1 N–H and O–H groups in total. The van der Waals surface area contributed by atoms with E-state index >= 15 is 0 Å². The average Bonchev–Trinajstić information content (AvgIpc) is 3.30. The Morgan fingerprint density at radius 3 is 2.46 bits per heavy atom. The Labute approximate surface area is 163 Å². The fourth-order valence-electron chi connectivity index (χ4n) is 3.04. The van der Waals surface area contributed by atoms with E-state index in [4.69, 9.17) is 9.15 Å². The van der Waals surface area contributed by atoms with Crippen molar-refractivity contribution in [3.63, 3.8) is 0 Å². The first-order valence-corrected chi connectivity index (χ1v) is 10.2. The molecule has 1 aromatic carbocycles. The number of aromatic nitrogens is 1. The molecular weight excluding hydrogens is 380 g/mol. The molecule has 7 nitrogen and oxygen atoms in total. The van der Waals surface area contributed by atoms with Crippen molar-refractivity contribution in [3.8, 4) is 0 Å². The maximum absolute atomic E-state index is 13.4.